The summed E-state index contributed by atoms with van der Waals surface area (Å²) in [5.41, 5.74) is 1.02. The molecule has 7 nitrogen and oxygen atoms in total. The fourth-order valence-corrected chi connectivity index (χ4v) is 1.99. The van der Waals surface area contributed by atoms with Gasteiger partial charge in [-0.2, -0.15) is 0 Å². The van der Waals surface area contributed by atoms with Crippen LogP contribution in [0.25, 0.3) is 11.0 Å². The van der Waals surface area contributed by atoms with E-state index in [9.17, 15) is 9.90 Å². The molecule has 0 saturated carbocycles. The van der Waals surface area contributed by atoms with Crippen LogP contribution in [0.5, 0.6) is 5.75 Å². The van der Waals surface area contributed by atoms with Crippen LogP contribution in [0.15, 0.2) is 29.2 Å². The summed E-state index contributed by atoms with van der Waals surface area (Å²) in [6.07, 6.45) is 0.707. The van der Waals surface area contributed by atoms with Crippen molar-refractivity contribution in [2.45, 2.75) is 12.6 Å². The van der Waals surface area contributed by atoms with E-state index in [0.717, 1.165) is 0 Å². The average molecular weight is 294 g/mol. The van der Waals surface area contributed by atoms with Crippen molar-refractivity contribution in [3.05, 3.63) is 34.7 Å². The van der Waals surface area contributed by atoms with Gasteiger partial charge in [-0.1, -0.05) is 0 Å². The van der Waals surface area contributed by atoms with E-state index in [-0.39, 0.29) is 25.5 Å². The molecule has 1 atom stereocenters. The van der Waals surface area contributed by atoms with Gasteiger partial charge in [-0.05, 0) is 12.1 Å². The van der Waals surface area contributed by atoms with E-state index >= 15 is 0 Å². The lowest BCUT2D eigenvalue weighted by Gasteiger charge is -2.17. The summed E-state index contributed by atoms with van der Waals surface area (Å²) in [4.78, 5) is 16.1. The fraction of sp³-hybridized carbons (Fsp3) is 0.429. The van der Waals surface area contributed by atoms with Crippen molar-refractivity contribution >= 4 is 11.0 Å². The number of nitrogens with zero attached hydrogens (tertiary/aromatic N) is 2. The number of hydrogen-bond donors (Lipinski definition) is 1. The van der Waals surface area contributed by atoms with Crippen LogP contribution < -0.4 is 10.3 Å². The molecule has 0 fully saturated rings. The molecule has 0 aliphatic rings. The summed E-state index contributed by atoms with van der Waals surface area (Å²) >= 11 is 0. The predicted octanol–water partition coefficient (Wildman–Crippen LogP) is 0.386. The molecule has 0 bridgehead atoms. The predicted molar refractivity (Wildman–Crippen MR) is 76.4 cm³/mol. The Hall–Kier alpha value is -1.96. The highest BCUT2D eigenvalue weighted by molar-refractivity contribution is 5.76. The standard InChI is InChI=1S/C14H18N2O5/c1-19-9-21-11(8-17)7-16-13-5-10(20-2)3-4-12(13)15-6-14(16)18/h3-6,11,17H,7-9H2,1-2H3. The largest absolute Gasteiger partial charge is 0.497 e. The molecule has 0 amide bonds. The first-order valence-corrected chi connectivity index (χ1v) is 6.44. The minimum atomic E-state index is -0.542. The number of methoxy groups -OCH3 is 2. The number of benzene rings is 1. The molecule has 1 heterocycles. The maximum Gasteiger partial charge on any atom is 0.269 e. The van der Waals surface area contributed by atoms with Gasteiger partial charge in [-0.25, -0.2) is 4.98 Å². The molecule has 1 N–H and O–H groups in total. The molecule has 0 aliphatic carbocycles. The number of aliphatic hydroxyl groups excluding tert-OH is 1. The van der Waals surface area contributed by atoms with Gasteiger partial charge >= 0.3 is 0 Å². The Kier molecular flexibility index (Phi) is 5.26. The molecule has 1 aromatic heterocycles. The normalized spacial score (nSPS) is 12.5. The Morgan fingerprint density at radius 3 is 2.86 bits per heavy atom. The molecule has 2 aromatic rings. The average Bonchev–Trinajstić information content (AvgIpc) is 2.52. The highest BCUT2D eigenvalue weighted by Gasteiger charge is 2.13. The maximum atomic E-state index is 12.0. The smallest absolute Gasteiger partial charge is 0.269 e. The number of rotatable bonds is 7. The van der Waals surface area contributed by atoms with E-state index in [0.29, 0.717) is 16.8 Å². The van der Waals surface area contributed by atoms with Crippen LogP contribution in [0, 0.1) is 0 Å². The monoisotopic (exact) mass is 294 g/mol. The van der Waals surface area contributed by atoms with Crippen LogP contribution in [0.3, 0.4) is 0 Å². The van der Waals surface area contributed by atoms with E-state index < -0.39 is 6.10 Å². The van der Waals surface area contributed by atoms with Gasteiger partial charge in [0.2, 0.25) is 0 Å². The second-order valence-electron chi connectivity index (χ2n) is 4.44. The molecule has 7 heteroatoms. The van der Waals surface area contributed by atoms with E-state index in [1.807, 2.05) is 0 Å². The van der Waals surface area contributed by atoms with E-state index in [2.05, 4.69) is 4.98 Å². The van der Waals surface area contributed by atoms with E-state index in [1.165, 1.54) is 17.9 Å². The molecule has 0 saturated heterocycles. The van der Waals surface area contributed by atoms with Crippen molar-refractivity contribution in [2.24, 2.45) is 0 Å². The first-order valence-electron chi connectivity index (χ1n) is 6.44. The Labute approximate surface area is 121 Å². The SMILES string of the molecule is COCOC(CO)Cn1c(=O)cnc2ccc(OC)cc21. The van der Waals surface area contributed by atoms with E-state index in [4.69, 9.17) is 14.2 Å². The Bertz CT molecular complexity index is 655. The Balaban J connectivity index is 2.40. The van der Waals surface area contributed by atoms with Gasteiger partial charge in [0.25, 0.3) is 5.56 Å². The van der Waals surface area contributed by atoms with Crippen LogP contribution in [0.1, 0.15) is 0 Å². The number of hydrogen-bond acceptors (Lipinski definition) is 6. The van der Waals surface area contributed by atoms with Crippen LogP contribution in [-0.2, 0) is 16.0 Å². The first kappa shape index (κ1) is 15.4. The lowest BCUT2D eigenvalue weighted by molar-refractivity contribution is -0.0918. The van der Waals surface area contributed by atoms with Gasteiger partial charge in [0.15, 0.2) is 0 Å². The second kappa shape index (κ2) is 7.16. The molecule has 2 rings (SSSR count). The van der Waals surface area contributed by atoms with Crippen molar-refractivity contribution in [1.82, 2.24) is 9.55 Å². The zero-order valence-corrected chi connectivity index (χ0v) is 12.0. The highest BCUT2D eigenvalue weighted by Crippen LogP contribution is 2.18. The van der Waals surface area contributed by atoms with Crippen molar-refractivity contribution in [3.63, 3.8) is 0 Å². The van der Waals surface area contributed by atoms with Crippen molar-refractivity contribution in [1.29, 1.82) is 0 Å². The molecule has 1 aromatic carbocycles. The number of aliphatic hydroxyl groups is 1. The number of aromatic nitrogens is 2. The third-order valence-electron chi connectivity index (χ3n) is 3.06. The summed E-state index contributed by atoms with van der Waals surface area (Å²) < 4.78 is 16.8. The summed E-state index contributed by atoms with van der Waals surface area (Å²) in [6.45, 7) is 0.0286. The van der Waals surface area contributed by atoms with Gasteiger partial charge in [0.1, 0.15) is 18.6 Å². The Morgan fingerprint density at radius 1 is 1.38 bits per heavy atom. The minimum absolute atomic E-state index is 0.0479. The molecule has 0 aliphatic heterocycles. The molecule has 21 heavy (non-hydrogen) atoms. The van der Waals surface area contributed by atoms with Crippen LogP contribution in [-0.4, -0.2) is 48.4 Å². The lowest BCUT2D eigenvalue weighted by atomic mass is 10.2. The van der Waals surface area contributed by atoms with Crippen LogP contribution in [0.2, 0.25) is 0 Å². The third-order valence-corrected chi connectivity index (χ3v) is 3.06. The summed E-state index contributed by atoms with van der Waals surface area (Å²) in [7, 11) is 3.05. The van der Waals surface area contributed by atoms with Gasteiger partial charge in [-0.15, -0.1) is 0 Å². The molecular formula is C14H18N2O5. The third kappa shape index (κ3) is 3.57. The second-order valence-corrected chi connectivity index (χ2v) is 4.44. The van der Waals surface area contributed by atoms with Gasteiger partial charge in [0, 0.05) is 13.2 Å². The zero-order chi connectivity index (χ0) is 15.2. The summed E-state index contributed by atoms with van der Waals surface area (Å²) in [6, 6.07) is 5.28. The lowest BCUT2D eigenvalue weighted by Crippen LogP contribution is -2.31. The molecule has 1 unspecified atom stereocenters. The van der Waals surface area contributed by atoms with Gasteiger partial charge in [-0.3, -0.25) is 4.79 Å². The van der Waals surface area contributed by atoms with Crippen LogP contribution >= 0.6 is 0 Å². The zero-order valence-electron chi connectivity index (χ0n) is 12.0. The van der Waals surface area contributed by atoms with Gasteiger partial charge in [0.05, 0.1) is 37.5 Å². The highest BCUT2D eigenvalue weighted by atomic mass is 16.7. The molecule has 0 radical (unpaired) electrons. The summed E-state index contributed by atoms with van der Waals surface area (Å²) in [5, 5.41) is 9.34. The van der Waals surface area contributed by atoms with Crippen molar-refractivity contribution in [2.75, 3.05) is 27.6 Å². The quantitative estimate of drug-likeness (QED) is 0.744. The van der Waals surface area contributed by atoms with E-state index in [1.54, 1.807) is 25.3 Å². The number of fused-ring (bicyclic) bond motifs is 1. The number of ether oxygens (including phenoxy) is 3. The topological polar surface area (TPSA) is 82.8 Å². The fourth-order valence-electron chi connectivity index (χ4n) is 1.99. The minimum Gasteiger partial charge on any atom is -0.497 e. The first-order chi connectivity index (χ1) is 10.2. The molecular weight excluding hydrogens is 276 g/mol. The molecule has 0 spiro atoms. The Morgan fingerprint density at radius 2 is 2.19 bits per heavy atom. The summed E-state index contributed by atoms with van der Waals surface area (Å²) in [5.74, 6) is 0.627. The van der Waals surface area contributed by atoms with Crippen LogP contribution in [0.4, 0.5) is 0 Å². The maximum absolute atomic E-state index is 12.0. The molecule has 114 valence electrons. The van der Waals surface area contributed by atoms with Gasteiger partial charge < -0.3 is 23.9 Å². The van der Waals surface area contributed by atoms with Crippen molar-refractivity contribution < 1.29 is 19.3 Å². The van der Waals surface area contributed by atoms with Crippen molar-refractivity contribution in [3.8, 4) is 5.75 Å².